The number of aliphatic hydroxyl groups is 2. The molecule has 3 N–H and O–H groups in total. The van der Waals surface area contributed by atoms with E-state index in [4.69, 9.17) is 4.74 Å². The molecule has 0 aromatic carbocycles. The average Bonchev–Trinajstić information content (AvgIpc) is 3.25. The maximum Gasteiger partial charge on any atom is 0.306 e. The SMILES string of the molecule is CC\C=C/C=C/C=C/C=C\C=C\C=C\CCCC(CC(=O)NC(CO)C(O)CCCCCCCCCCCCCCCCCCC)OC(=O)CCCCCCC/C=C\CCC. The Morgan fingerprint density at radius 3 is 1.48 bits per heavy atom. The van der Waals surface area contributed by atoms with Crippen molar-refractivity contribution in [3.8, 4) is 0 Å². The first-order valence-electron chi connectivity index (χ1n) is 25.4. The summed E-state index contributed by atoms with van der Waals surface area (Å²) in [5.41, 5.74) is 0. The van der Waals surface area contributed by atoms with Gasteiger partial charge in [0.25, 0.3) is 0 Å². The van der Waals surface area contributed by atoms with Gasteiger partial charge in [-0.15, -0.1) is 0 Å². The van der Waals surface area contributed by atoms with Crippen LogP contribution in [0.2, 0.25) is 0 Å². The monoisotopic (exact) mass is 850 g/mol. The van der Waals surface area contributed by atoms with Gasteiger partial charge in [-0.2, -0.15) is 0 Å². The van der Waals surface area contributed by atoms with Gasteiger partial charge in [0.2, 0.25) is 5.91 Å². The molecule has 6 heteroatoms. The fraction of sp³-hybridized carbons (Fsp3) is 0.709. The van der Waals surface area contributed by atoms with Gasteiger partial charge in [-0.3, -0.25) is 9.59 Å². The highest BCUT2D eigenvalue weighted by atomic mass is 16.5. The summed E-state index contributed by atoms with van der Waals surface area (Å²) in [5, 5.41) is 23.7. The number of nitrogens with one attached hydrogen (secondary N) is 1. The summed E-state index contributed by atoms with van der Waals surface area (Å²) in [7, 11) is 0. The minimum atomic E-state index is -0.812. The van der Waals surface area contributed by atoms with Crippen molar-refractivity contribution in [2.24, 2.45) is 0 Å². The summed E-state index contributed by atoms with van der Waals surface area (Å²) in [6, 6.07) is -0.731. The van der Waals surface area contributed by atoms with Gasteiger partial charge < -0.3 is 20.3 Å². The number of aliphatic hydroxyl groups excluding tert-OH is 2. The summed E-state index contributed by atoms with van der Waals surface area (Å²) >= 11 is 0. The number of esters is 1. The average molecular weight is 850 g/mol. The van der Waals surface area contributed by atoms with Crippen molar-refractivity contribution in [3.05, 3.63) is 85.1 Å². The van der Waals surface area contributed by atoms with Gasteiger partial charge in [0.05, 0.1) is 25.2 Å². The van der Waals surface area contributed by atoms with Crippen LogP contribution < -0.4 is 5.32 Å². The summed E-state index contributed by atoms with van der Waals surface area (Å²) in [4.78, 5) is 26.0. The first-order chi connectivity index (χ1) is 30.0. The molecule has 61 heavy (non-hydrogen) atoms. The predicted octanol–water partition coefficient (Wildman–Crippen LogP) is 15.2. The van der Waals surface area contributed by atoms with E-state index in [2.05, 4.69) is 50.4 Å². The number of rotatable bonds is 44. The van der Waals surface area contributed by atoms with Gasteiger partial charge >= 0.3 is 5.97 Å². The van der Waals surface area contributed by atoms with Crippen LogP contribution in [-0.4, -0.2) is 46.9 Å². The fourth-order valence-electron chi connectivity index (χ4n) is 7.29. The smallest absolute Gasteiger partial charge is 0.306 e. The number of carbonyl (C=O) groups excluding carboxylic acids is 2. The van der Waals surface area contributed by atoms with Crippen molar-refractivity contribution in [2.75, 3.05) is 6.61 Å². The fourth-order valence-corrected chi connectivity index (χ4v) is 7.29. The van der Waals surface area contributed by atoms with Gasteiger partial charge in [0.15, 0.2) is 0 Å². The highest BCUT2D eigenvalue weighted by Crippen LogP contribution is 2.17. The van der Waals surface area contributed by atoms with Crippen LogP contribution in [0.3, 0.4) is 0 Å². The molecule has 0 radical (unpaired) electrons. The third-order valence-corrected chi connectivity index (χ3v) is 11.1. The normalized spacial score (nSPS) is 14.0. The van der Waals surface area contributed by atoms with Crippen LogP contribution in [0.25, 0.3) is 0 Å². The lowest BCUT2D eigenvalue weighted by molar-refractivity contribution is -0.151. The summed E-state index contributed by atoms with van der Waals surface area (Å²) < 4.78 is 5.87. The highest BCUT2D eigenvalue weighted by Gasteiger charge is 2.24. The van der Waals surface area contributed by atoms with Gasteiger partial charge in [-0.05, 0) is 57.8 Å². The maximum absolute atomic E-state index is 13.2. The van der Waals surface area contributed by atoms with E-state index in [1.807, 2.05) is 60.8 Å². The molecule has 350 valence electrons. The van der Waals surface area contributed by atoms with Crippen LogP contribution in [0.4, 0.5) is 0 Å². The lowest BCUT2D eigenvalue weighted by atomic mass is 10.0. The van der Waals surface area contributed by atoms with E-state index in [-0.39, 0.29) is 24.9 Å². The molecule has 0 rings (SSSR count). The van der Waals surface area contributed by atoms with Gasteiger partial charge in [-0.25, -0.2) is 0 Å². The number of carbonyl (C=O) groups is 2. The van der Waals surface area contributed by atoms with E-state index in [1.165, 1.54) is 103 Å². The minimum absolute atomic E-state index is 0.0195. The van der Waals surface area contributed by atoms with Gasteiger partial charge in [0.1, 0.15) is 6.10 Å². The van der Waals surface area contributed by atoms with Crippen LogP contribution in [0, 0.1) is 0 Å². The molecule has 0 spiro atoms. The lowest BCUT2D eigenvalue weighted by Gasteiger charge is -2.24. The standard InChI is InChI=1S/C55H95NO5/c1-4-7-10-13-16-19-22-24-26-27-29-31-33-35-38-41-44-47-53(58)52(50-57)56-54(59)49-51(61-55(60)48-45-42-39-36-21-18-15-12-9-6-3)46-43-40-37-34-32-30-28-25-23-20-17-14-11-8-5-2/h8,11-12,14-15,17,20,23,25,28,30,32,34,37,51-53,57-58H,4-7,9-10,13,16,18-19,21-22,24,26-27,29,31,33,35-36,38-50H2,1-3H3,(H,56,59)/b11-8-,15-12-,17-14+,23-20+,28-25-,32-30+,37-34+. The van der Waals surface area contributed by atoms with E-state index in [0.717, 1.165) is 77.0 Å². The lowest BCUT2D eigenvalue weighted by Crippen LogP contribution is -2.46. The molecular weight excluding hydrogens is 755 g/mol. The summed E-state index contributed by atoms with van der Waals surface area (Å²) in [6.07, 6.45) is 62.2. The topological polar surface area (TPSA) is 95.9 Å². The zero-order valence-electron chi connectivity index (χ0n) is 39.8. The van der Waals surface area contributed by atoms with Crippen LogP contribution in [0.1, 0.15) is 226 Å². The Morgan fingerprint density at radius 1 is 0.492 bits per heavy atom. The van der Waals surface area contributed by atoms with E-state index in [1.54, 1.807) is 0 Å². The quantitative estimate of drug-likeness (QED) is 0.0246. The highest BCUT2D eigenvalue weighted by molar-refractivity contribution is 5.77. The van der Waals surface area contributed by atoms with Crippen molar-refractivity contribution in [3.63, 3.8) is 0 Å². The number of hydrogen-bond acceptors (Lipinski definition) is 5. The largest absolute Gasteiger partial charge is 0.462 e. The second-order valence-corrected chi connectivity index (χ2v) is 17.0. The molecule has 0 fully saturated rings. The van der Waals surface area contributed by atoms with Crippen molar-refractivity contribution in [2.45, 2.75) is 244 Å². The van der Waals surface area contributed by atoms with E-state index >= 15 is 0 Å². The Bertz CT molecular complexity index is 1180. The summed E-state index contributed by atoms with van der Waals surface area (Å²) in [6.45, 7) is 6.25. The molecule has 0 aliphatic heterocycles. The zero-order chi connectivity index (χ0) is 44.5. The molecule has 0 aliphatic rings. The van der Waals surface area contributed by atoms with E-state index in [9.17, 15) is 19.8 Å². The molecule has 3 atom stereocenters. The summed E-state index contributed by atoms with van der Waals surface area (Å²) in [5.74, 6) is -0.566. The molecule has 0 saturated carbocycles. The van der Waals surface area contributed by atoms with Crippen LogP contribution in [-0.2, 0) is 14.3 Å². The van der Waals surface area contributed by atoms with Crippen LogP contribution >= 0.6 is 0 Å². The zero-order valence-corrected chi connectivity index (χ0v) is 39.8. The molecule has 0 heterocycles. The first-order valence-corrected chi connectivity index (χ1v) is 25.4. The van der Waals surface area contributed by atoms with Crippen LogP contribution in [0.15, 0.2) is 85.1 Å². The predicted molar refractivity (Wildman–Crippen MR) is 264 cm³/mol. The number of allylic oxidation sites excluding steroid dienone is 14. The van der Waals surface area contributed by atoms with E-state index < -0.39 is 18.2 Å². The van der Waals surface area contributed by atoms with Crippen molar-refractivity contribution >= 4 is 11.9 Å². The molecule has 0 saturated heterocycles. The number of amides is 1. The molecule has 3 unspecified atom stereocenters. The second kappa shape index (κ2) is 48.1. The third-order valence-electron chi connectivity index (χ3n) is 11.1. The molecule has 0 aromatic heterocycles. The molecule has 0 aliphatic carbocycles. The van der Waals surface area contributed by atoms with Gasteiger partial charge in [-0.1, -0.05) is 241 Å². The van der Waals surface area contributed by atoms with Crippen molar-refractivity contribution in [1.29, 1.82) is 0 Å². The molecular formula is C55H95NO5. The van der Waals surface area contributed by atoms with E-state index in [0.29, 0.717) is 19.3 Å². The number of hydrogen-bond donors (Lipinski definition) is 3. The molecule has 6 nitrogen and oxygen atoms in total. The second-order valence-electron chi connectivity index (χ2n) is 17.0. The van der Waals surface area contributed by atoms with Crippen molar-refractivity contribution in [1.82, 2.24) is 5.32 Å². The maximum atomic E-state index is 13.2. The number of ether oxygens (including phenoxy) is 1. The minimum Gasteiger partial charge on any atom is -0.462 e. The Labute approximate surface area is 376 Å². The van der Waals surface area contributed by atoms with Crippen LogP contribution in [0.5, 0.6) is 0 Å². The number of unbranched alkanes of at least 4 members (excludes halogenated alkanes) is 23. The first kappa shape index (κ1) is 58.0. The Balaban J connectivity index is 4.65. The molecule has 0 bridgehead atoms. The van der Waals surface area contributed by atoms with Gasteiger partial charge in [0, 0.05) is 6.42 Å². The third kappa shape index (κ3) is 43.5. The Kier molecular flexibility index (Phi) is 45.7. The molecule has 0 aromatic rings. The Morgan fingerprint density at radius 2 is 0.951 bits per heavy atom. The van der Waals surface area contributed by atoms with Crippen molar-refractivity contribution < 1.29 is 24.5 Å². The molecule has 1 amide bonds. The Hall–Kier alpha value is -2.96.